The van der Waals surface area contributed by atoms with E-state index < -0.39 is 0 Å². The molecule has 5 heteroatoms. The van der Waals surface area contributed by atoms with E-state index in [2.05, 4.69) is 26.6 Å². The van der Waals surface area contributed by atoms with Crippen molar-refractivity contribution in [3.8, 4) is 0 Å². The SMILES string of the molecule is C[C@@H]1CNC[C@H]1C(=O)NCc1cc(Br)ccc1F. The number of carbonyl (C=O) groups is 1. The first-order chi connectivity index (χ1) is 8.58. The lowest BCUT2D eigenvalue weighted by atomic mass is 9.97. The largest absolute Gasteiger partial charge is 0.352 e. The van der Waals surface area contributed by atoms with Crippen molar-refractivity contribution in [2.45, 2.75) is 13.5 Å². The van der Waals surface area contributed by atoms with Gasteiger partial charge in [-0.2, -0.15) is 0 Å². The van der Waals surface area contributed by atoms with Gasteiger partial charge >= 0.3 is 0 Å². The van der Waals surface area contributed by atoms with Gasteiger partial charge in [-0.25, -0.2) is 4.39 Å². The lowest BCUT2D eigenvalue weighted by Crippen LogP contribution is -2.34. The predicted molar refractivity (Wildman–Crippen MR) is 71.5 cm³/mol. The predicted octanol–water partition coefficient (Wildman–Crippen LogP) is 2.06. The molecule has 0 bridgehead atoms. The molecule has 0 aromatic heterocycles. The fraction of sp³-hybridized carbons (Fsp3) is 0.462. The smallest absolute Gasteiger partial charge is 0.224 e. The van der Waals surface area contributed by atoms with Gasteiger partial charge in [0.05, 0.1) is 5.92 Å². The first-order valence-corrected chi connectivity index (χ1v) is 6.79. The zero-order chi connectivity index (χ0) is 13.1. The van der Waals surface area contributed by atoms with E-state index in [1.807, 2.05) is 6.92 Å². The molecule has 0 spiro atoms. The van der Waals surface area contributed by atoms with Crippen LogP contribution in [0.25, 0.3) is 0 Å². The summed E-state index contributed by atoms with van der Waals surface area (Å²) >= 11 is 3.29. The molecule has 1 heterocycles. The van der Waals surface area contributed by atoms with Gasteiger partial charge in [0.1, 0.15) is 5.82 Å². The fourth-order valence-corrected chi connectivity index (χ4v) is 2.56. The van der Waals surface area contributed by atoms with Crippen LogP contribution in [0.1, 0.15) is 12.5 Å². The van der Waals surface area contributed by atoms with Crippen LogP contribution in [-0.4, -0.2) is 19.0 Å². The van der Waals surface area contributed by atoms with Crippen molar-refractivity contribution in [1.82, 2.24) is 10.6 Å². The summed E-state index contributed by atoms with van der Waals surface area (Å²) in [7, 11) is 0. The second kappa shape index (κ2) is 5.80. The van der Waals surface area contributed by atoms with Gasteiger partial charge in [-0.1, -0.05) is 22.9 Å². The van der Waals surface area contributed by atoms with Gasteiger partial charge in [-0.05, 0) is 30.7 Å². The van der Waals surface area contributed by atoms with Crippen molar-refractivity contribution in [1.29, 1.82) is 0 Å². The monoisotopic (exact) mass is 314 g/mol. The van der Waals surface area contributed by atoms with Gasteiger partial charge in [0, 0.05) is 23.1 Å². The van der Waals surface area contributed by atoms with Crippen molar-refractivity contribution < 1.29 is 9.18 Å². The minimum atomic E-state index is -0.295. The van der Waals surface area contributed by atoms with Crippen LogP contribution >= 0.6 is 15.9 Å². The van der Waals surface area contributed by atoms with E-state index in [0.717, 1.165) is 11.0 Å². The molecule has 1 aromatic carbocycles. The van der Waals surface area contributed by atoms with Crippen LogP contribution in [0.15, 0.2) is 22.7 Å². The molecule has 1 aromatic rings. The number of hydrogen-bond donors (Lipinski definition) is 2. The lowest BCUT2D eigenvalue weighted by molar-refractivity contribution is -0.125. The molecule has 3 nitrogen and oxygen atoms in total. The minimum Gasteiger partial charge on any atom is -0.352 e. The maximum Gasteiger partial charge on any atom is 0.224 e. The zero-order valence-corrected chi connectivity index (χ0v) is 11.8. The molecule has 1 aliphatic rings. The highest BCUT2D eigenvalue weighted by molar-refractivity contribution is 9.10. The van der Waals surface area contributed by atoms with Gasteiger partial charge in [-0.3, -0.25) is 4.79 Å². The number of carbonyl (C=O) groups excluding carboxylic acids is 1. The molecule has 0 saturated carbocycles. The molecule has 18 heavy (non-hydrogen) atoms. The van der Waals surface area contributed by atoms with E-state index in [0.29, 0.717) is 18.0 Å². The molecule has 0 radical (unpaired) electrons. The van der Waals surface area contributed by atoms with Gasteiger partial charge in [-0.15, -0.1) is 0 Å². The molecule has 2 atom stereocenters. The summed E-state index contributed by atoms with van der Waals surface area (Å²) in [5, 5.41) is 5.98. The van der Waals surface area contributed by atoms with Crippen LogP contribution in [0.3, 0.4) is 0 Å². The summed E-state index contributed by atoms with van der Waals surface area (Å²) in [6.07, 6.45) is 0. The molecule has 0 aliphatic carbocycles. The molecule has 98 valence electrons. The number of rotatable bonds is 3. The Hall–Kier alpha value is -0.940. The quantitative estimate of drug-likeness (QED) is 0.896. The van der Waals surface area contributed by atoms with Gasteiger partial charge in [0.15, 0.2) is 0 Å². The van der Waals surface area contributed by atoms with E-state index in [-0.39, 0.29) is 24.2 Å². The van der Waals surface area contributed by atoms with Gasteiger partial charge in [0.2, 0.25) is 5.91 Å². The molecular formula is C13H16BrFN2O. The zero-order valence-electron chi connectivity index (χ0n) is 10.2. The van der Waals surface area contributed by atoms with E-state index in [1.54, 1.807) is 12.1 Å². The van der Waals surface area contributed by atoms with Crippen molar-refractivity contribution in [3.05, 3.63) is 34.1 Å². The van der Waals surface area contributed by atoms with Crippen LogP contribution < -0.4 is 10.6 Å². The molecule has 0 unspecified atom stereocenters. The Morgan fingerprint density at radius 1 is 1.56 bits per heavy atom. The van der Waals surface area contributed by atoms with E-state index in [9.17, 15) is 9.18 Å². The number of benzene rings is 1. The maximum absolute atomic E-state index is 13.5. The summed E-state index contributed by atoms with van der Waals surface area (Å²) in [5.74, 6) is 0.0144. The van der Waals surface area contributed by atoms with Crippen LogP contribution in [0, 0.1) is 17.7 Å². The number of halogens is 2. The third kappa shape index (κ3) is 3.09. The Morgan fingerprint density at radius 3 is 3.00 bits per heavy atom. The van der Waals surface area contributed by atoms with Crippen molar-refractivity contribution in [3.63, 3.8) is 0 Å². The molecule has 2 rings (SSSR count). The highest BCUT2D eigenvalue weighted by Gasteiger charge is 2.29. The Kier molecular flexibility index (Phi) is 4.35. The molecule has 1 aliphatic heterocycles. The summed E-state index contributed by atoms with van der Waals surface area (Å²) in [5.41, 5.74) is 0.497. The number of amides is 1. The molecule has 1 fully saturated rings. The second-order valence-electron chi connectivity index (χ2n) is 4.70. The Labute approximate surface area is 114 Å². The second-order valence-corrected chi connectivity index (χ2v) is 5.61. The van der Waals surface area contributed by atoms with Crippen LogP contribution in [-0.2, 0) is 11.3 Å². The summed E-state index contributed by atoms with van der Waals surface area (Å²) in [6.45, 7) is 3.84. The highest BCUT2D eigenvalue weighted by atomic mass is 79.9. The maximum atomic E-state index is 13.5. The average molecular weight is 315 g/mol. The molecular weight excluding hydrogens is 299 g/mol. The third-order valence-electron chi connectivity index (χ3n) is 3.32. The lowest BCUT2D eigenvalue weighted by Gasteiger charge is -2.14. The highest BCUT2D eigenvalue weighted by Crippen LogP contribution is 2.18. The fourth-order valence-electron chi connectivity index (χ4n) is 2.15. The first-order valence-electron chi connectivity index (χ1n) is 6.00. The average Bonchev–Trinajstić information content (AvgIpc) is 2.76. The van der Waals surface area contributed by atoms with Crippen molar-refractivity contribution >= 4 is 21.8 Å². The van der Waals surface area contributed by atoms with Crippen molar-refractivity contribution in [2.24, 2.45) is 11.8 Å². The summed E-state index contributed by atoms with van der Waals surface area (Å²) in [6, 6.07) is 4.72. The Bertz CT molecular complexity index is 453. The van der Waals surface area contributed by atoms with Crippen LogP contribution in [0.4, 0.5) is 4.39 Å². The normalized spacial score (nSPS) is 23.1. The minimum absolute atomic E-state index is 0.00752. The summed E-state index contributed by atoms with van der Waals surface area (Å²) in [4.78, 5) is 11.9. The van der Waals surface area contributed by atoms with Gasteiger partial charge < -0.3 is 10.6 Å². The third-order valence-corrected chi connectivity index (χ3v) is 3.81. The first kappa shape index (κ1) is 13.5. The van der Waals surface area contributed by atoms with E-state index >= 15 is 0 Å². The van der Waals surface area contributed by atoms with Crippen LogP contribution in [0.5, 0.6) is 0 Å². The van der Waals surface area contributed by atoms with Crippen molar-refractivity contribution in [2.75, 3.05) is 13.1 Å². The Balaban J connectivity index is 1.95. The van der Waals surface area contributed by atoms with E-state index in [4.69, 9.17) is 0 Å². The number of nitrogens with one attached hydrogen (secondary N) is 2. The van der Waals surface area contributed by atoms with Gasteiger partial charge in [0.25, 0.3) is 0 Å². The van der Waals surface area contributed by atoms with E-state index in [1.165, 1.54) is 6.07 Å². The van der Waals surface area contributed by atoms with Crippen LogP contribution in [0.2, 0.25) is 0 Å². The summed E-state index contributed by atoms with van der Waals surface area (Å²) < 4.78 is 14.3. The Morgan fingerprint density at radius 2 is 2.33 bits per heavy atom. The molecule has 2 N–H and O–H groups in total. The number of hydrogen-bond acceptors (Lipinski definition) is 2. The standard InChI is InChI=1S/C13H16BrFN2O/c1-8-5-16-7-11(8)13(18)17-6-9-4-10(14)2-3-12(9)15/h2-4,8,11,16H,5-7H2,1H3,(H,17,18)/t8-,11-/m1/s1. The topological polar surface area (TPSA) is 41.1 Å². The molecule has 1 saturated heterocycles. The molecule has 1 amide bonds.